The first-order valence-corrected chi connectivity index (χ1v) is 6.46. The Kier molecular flexibility index (Phi) is 2.47. The SMILES string of the molecule is O=C(O)Cc1cc2c3c(c1)c(Br)cn3CCC2. The van der Waals surface area contributed by atoms with Crippen LogP contribution in [-0.2, 0) is 24.2 Å². The van der Waals surface area contributed by atoms with E-state index in [1.54, 1.807) is 0 Å². The number of hydrogen-bond acceptors (Lipinski definition) is 1. The third-order valence-corrected chi connectivity index (χ3v) is 3.89. The maximum Gasteiger partial charge on any atom is 0.307 e. The first-order valence-electron chi connectivity index (χ1n) is 5.67. The molecular formula is C13H12BrNO2. The Labute approximate surface area is 107 Å². The molecule has 4 heteroatoms. The van der Waals surface area contributed by atoms with Gasteiger partial charge in [-0.05, 0) is 46.0 Å². The number of aliphatic carboxylic acids is 1. The van der Waals surface area contributed by atoms with Crippen LogP contribution < -0.4 is 0 Å². The van der Waals surface area contributed by atoms with E-state index >= 15 is 0 Å². The minimum atomic E-state index is -0.775. The van der Waals surface area contributed by atoms with E-state index in [0.29, 0.717) is 0 Å². The van der Waals surface area contributed by atoms with Crippen LogP contribution in [0, 0.1) is 0 Å². The van der Waals surface area contributed by atoms with Gasteiger partial charge in [-0.1, -0.05) is 6.07 Å². The fourth-order valence-electron chi connectivity index (χ4n) is 2.64. The summed E-state index contributed by atoms with van der Waals surface area (Å²) in [6, 6.07) is 4.03. The van der Waals surface area contributed by atoms with Gasteiger partial charge in [-0.25, -0.2) is 0 Å². The highest BCUT2D eigenvalue weighted by molar-refractivity contribution is 9.10. The van der Waals surface area contributed by atoms with E-state index in [-0.39, 0.29) is 6.42 Å². The Morgan fingerprint density at radius 2 is 2.29 bits per heavy atom. The number of aromatic nitrogens is 1. The molecule has 1 aromatic carbocycles. The topological polar surface area (TPSA) is 42.2 Å². The van der Waals surface area contributed by atoms with Gasteiger partial charge >= 0.3 is 5.97 Å². The number of carboxylic acid groups (broad SMARTS) is 1. The van der Waals surface area contributed by atoms with Crippen molar-refractivity contribution in [3.63, 3.8) is 0 Å². The quantitative estimate of drug-likeness (QED) is 0.925. The number of nitrogens with zero attached hydrogens (tertiary/aromatic N) is 1. The minimum absolute atomic E-state index is 0.0978. The molecule has 2 heterocycles. The van der Waals surface area contributed by atoms with Gasteiger partial charge in [0.25, 0.3) is 0 Å². The maximum absolute atomic E-state index is 10.8. The minimum Gasteiger partial charge on any atom is -0.481 e. The number of aryl methyl sites for hydroxylation is 2. The highest BCUT2D eigenvalue weighted by Crippen LogP contribution is 2.33. The molecule has 0 radical (unpaired) electrons. The number of benzene rings is 1. The van der Waals surface area contributed by atoms with Crippen molar-refractivity contribution in [2.24, 2.45) is 0 Å². The van der Waals surface area contributed by atoms with E-state index in [1.165, 1.54) is 11.1 Å². The van der Waals surface area contributed by atoms with Crippen molar-refractivity contribution in [2.75, 3.05) is 0 Å². The number of carbonyl (C=O) groups is 1. The lowest BCUT2D eigenvalue weighted by Crippen LogP contribution is -2.08. The third-order valence-electron chi connectivity index (χ3n) is 3.26. The fraction of sp³-hybridized carbons (Fsp3) is 0.308. The summed E-state index contributed by atoms with van der Waals surface area (Å²) in [7, 11) is 0. The second-order valence-corrected chi connectivity index (χ2v) is 5.35. The van der Waals surface area contributed by atoms with Gasteiger partial charge in [-0.3, -0.25) is 4.79 Å². The Morgan fingerprint density at radius 1 is 1.47 bits per heavy atom. The molecule has 0 amide bonds. The molecule has 2 aromatic rings. The predicted octanol–water partition coefficient (Wildman–Crippen LogP) is 2.98. The molecule has 0 atom stereocenters. The molecule has 1 aliphatic heterocycles. The zero-order chi connectivity index (χ0) is 12.0. The van der Waals surface area contributed by atoms with Crippen LogP contribution in [0.3, 0.4) is 0 Å². The fourth-order valence-corrected chi connectivity index (χ4v) is 3.19. The van der Waals surface area contributed by atoms with Crippen molar-refractivity contribution in [1.29, 1.82) is 0 Å². The van der Waals surface area contributed by atoms with Gasteiger partial charge in [0.1, 0.15) is 0 Å². The second kappa shape index (κ2) is 3.88. The summed E-state index contributed by atoms with van der Waals surface area (Å²) in [6.07, 6.45) is 4.36. The van der Waals surface area contributed by atoms with Crippen LogP contribution in [0.15, 0.2) is 22.8 Å². The molecule has 17 heavy (non-hydrogen) atoms. The largest absolute Gasteiger partial charge is 0.481 e. The van der Waals surface area contributed by atoms with Crippen LogP contribution in [-0.4, -0.2) is 15.6 Å². The number of rotatable bonds is 2. The Hall–Kier alpha value is -1.29. The number of halogens is 1. The Morgan fingerprint density at radius 3 is 3.06 bits per heavy atom. The van der Waals surface area contributed by atoms with E-state index in [2.05, 4.69) is 26.7 Å². The summed E-state index contributed by atoms with van der Waals surface area (Å²) in [5.74, 6) is -0.775. The predicted molar refractivity (Wildman–Crippen MR) is 69.3 cm³/mol. The summed E-state index contributed by atoms with van der Waals surface area (Å²) in [4.78, 5) is 10.8. The molecule has 0 saturated heterocycles. The zero-order valence-corrected chi connectivity index (χ0v) is 10.8. The van der Waals surface area contributed by atoms with Crippen molar-refractivity contribution in [2.45, 2.75) is 25.8 Å². The van der Waals surface area contributed by atoms with Crippen molar-refractivity contribution in [1.82, 2.24) is 4.57 Å². The smallest absolute Gasteiger partial charge is 0.307 e. The van der Waals surface area contributed by atoms with E-state index in [9.17, 15) is 4.79 Å². The molecule has 88 valence electrons. The van der Waals surface area contributed by atoms with E-state index in [1.807, 2.05) is 12.1 Å². The zero-order valence-electron chi connectivity index (χ0n) is 9.24. The number of carboxylic acids is 1. The maximum atomic E-state index is 10.8. The van der Waals surface area contributed by atoms with Crippen LogP contribution in [0.1, 0.15) is 17.5 Å². The lowest BCUT2D eigenvalue weighted by atomic mass is 9.99. The van der Waals surface area contributed by atoms with Crippen LogP contribution in [0.25, 0.3) is 10.9 Å². The van der Waals surface area contributed by atoms with E-state index in [0.717, 1.165) is 34.8 Å². The molecule has 1 N–H and O–H groups in total. The van der Waals surface area contributed by atoms with Crippen molar-refractivity contribution in [3.05, 3.63) is 33.9 Å². The van der Waals surface area contributed by atoms with Crippen molar-refractivity contribution in [3.8, 4) is 0 Å². The first-order chi connectivity index (χ1) is 8.15. The lowest BCUT2D eigenvalue weighted by Gasteiger charge is -2.16. The van der Waals surface area contributed by atoms with Gasteiger partial charge < -0.3 is 9.67 Å². The monoisotopic (exact) mass is 293 g/mol. The van der Waals surface area contributed by atoms with Gasteiger partial charge in [0.15, 0.2) is 0 Å². The number of hydrogen-bond donors (Lipinski definition) is 1. The molecule has 0 spiro atoms. The van der Waals surface area contributed by atoms with E-state index < -0.39 is 5.97 Å². The molecule has 1 aromatic heterocycles. The molecule has 0 fully saturated rings. The van der Waals surface area contributed by atoms with Crippen molar-refractivity contribution >= 4 is 32.8 Å². The second-order valence-electron chi connectivity index (χ2n) is 4.50. The molecule has 0 saturated carbocycles. The van der Waals surface area contributed by atoms with Gasteiger partial charge in [0, 0.05) is 22.6 Å². The van der Waals surface area contributed by atoms with Gasteiger partial charge in [-0.2, -0.15) is 0 Å². The Bertz CT molecular complexity index is 615. The van der Waals surface area contributed by atoms with Gasteiger partial charge in [0.2, 0.25) is 0 Å². The van der Waals surface area contributed by atoms with Crippen LogP contribution in [0.4, 0.5) is 0 Å². The summed E-state index contributed by atoms with van der Waals surface area (Å²) in [5.41, 5.74) is 3.42. The highest BCUT2D eigenvalue weighted by atomic mass is 79.9. The molecule has 3 nitrogen and oxygen atoms in total. The van der Waals surface area contributed by atoms with Gasteiger partial charge in [0.05, 0.1) is 11.9 Å². The molecule has 3 rings (SSSR count). The lowest BCUT2D eigenvalue weighted by molar-refractivity contribution is -0.136. The van der Waals surface area contributed by atoms with Crippen LogP contribution in [0.2, 0.25) is 0 Å². The molecule has 0 unspecified atom stereocenters. The van der Waals surface area contributed by atoms with Crippen LogP contribution >= 0.6 is 15.9 Å². The molecular weight excluding hydrogens is 282 g/mol. The standard InChI is InChI=1S/C13H12BrNO2/c14-11-7-15-3-1-2-9-4-8(6-12(16)17)5-10(11)13(9)15/h4-5,7H,1-3,6H2,(H,16,17). The summed E-state index contributed by atoms with van der Waals surface area (Å²) in [6.45, 7) is 1.05. The Balaban J connectivity index is 2.24. The average Bonchev–Trinajstić information content (AvgIpc) is 2.57. The first kappa shape index (κ1) is 10.8. The average molecular weight is 294 g/mol. The highest BCUT2D eigenvalue weighted by Gasteiger charge is 2.16. The van der Waals surface area contributed by atoms with Crippen LogP contribution in [0.5, 0.6) is 0 Å². The summed E-state index contributed by atoms with van der Waals surface area (Å²) >= 11 is 3.55. The van der Waals surface area contributed by atoms with Gasteiger partial charge in [-0.15, -0.1) is 0 Å². The van der Waals surface area contributed by atoms with Crippen molar-refractivity contribution < 1.29 is 9.90 Å². The normalized spacial score (nSPS) is 14.2. The molecule has 1 aliphatic rings. The molecule has 0 aliphatic carbocycles. The molecule has 0 bridgehead atoms. The summed E-state index contributed by atoms with van der Waals surface area (Å²) < 4.78 is 3.31. The third kappa shape index (κ3) is 1.76. The van der Waals surface area contributed by atoms with E-state index in [4.69, 9.17) is 5.11 Å². The summed E-state index contributed by atoms with van der Waals surface area (Å²) in [5, 5.41) is 10.0.